The van der Waals surface area contributed by atoms with E-state index in [0.29, 0.717) is 34.0 Å². The second-order valence-electron chi connectivity index (χ2n) is 4.95. The topological polar surface area (TPSA) is 76.2 Å². The van der Waals surface area contributed by atoms with Crippen LogP contribution < -0.4 is 5.73 Å². The molecule has 0 aliphatic heterocycles. The third-order valence-electron chi connectivity index (χ3n) is 3.93. The highest BCUT2D eigenvalue weighted by Gasteiger charge is 2.50. The fourth-order valence-corrected chi connectivity index (χ4v) is 4.04. The van der Waals surface area contributed by atoms with E-state index in [1.165, 1.54) is 17.4 Å². The Morgan fingerprint density at radius 1 is 1.55 bits per heavy atom. The molecule has 0 amide bonds. The van der Waals surface area contributed by atoms with Crippen molar-refractivity contribution in [3.63, 3.8) is 0 Å². The van der Waals surface area contributed by atoms with Crippen molar-refractivity contribution in [1.82, 2.24) is 4.98 Å². The summed E-state index contributed by atoms with van der Waals surface area (Å²) < 4.78 is 13.8. The number of anilines is 1. The number of aromatic nitrogens is 1. The van der Waals surface area contributed by atoms with Gasteiger partial charge in [-0.2, -0.15) is 0 Å². The maximum absolute atomic E-state index is 13.8. The molecule has 0 saturated heterocycles. The van der Waals surface area contributed by atoms with Crippen LogP contribution in [0.3, 0.4) is 0 Å². The van der Waals surface area contributed by atoms with Crippen LogP contribution in [-0.2, 0) is 16.6 Å². The molecule has 104 valence electrons. The standard InChI is InChI=1S/C14H13FN2O2S/c1-7-8(3-2-4-9(7)15)14(12(18)19)6-5-10-11(14)20-13(16)17-10/h2-4H,5-6H2,1H3,(H2,16,17)(H,18,19). The van der Waals surface area contributed by atoms with Gasteiger partial charge in [-0.25, -0.2) is 9.37 Å². The molecule has 20 heavy (non-hydrogen) atoms. The molecule has 1 aromatic carbocycles. The zero-order chi connectivity index (χ0) is 14.5. The summed E-state index contributed by atoms with van der Waals surface area (Å²) in [4.78, 5) is 16.8. The van der Waals surface area contributed by atoms with Crippen molar-refractivity contribution in [1.29, 1.82) is 0 Å². The van der Waals surface area contributed by atoms with Gasteiger partial charge in [0.05, 0.1) is 10.6 Å². The van der Waals surface area contributed by atoms with Crippen LogP contribution in [0.5, 0.6) is 0 Å². The van der Waals surface area contributed by atoms with Crippen molar-refractivity contribution in [2.24, 2.45) is 0 Å². The van der Waals surface area contributed by atoms with E-state index in [2.05, 4.69) is 4.98 Å². The second-order valence-corrected chi connectivity index (χ2v) is 5.98. The molecule has 1 aromatic heterocycles. The van der Waals surface area contributed by atoms with Crippen molar-refractivity contribution in [3.8, 4) is 0 Å². The zero-order valence-corrected chi connectivity index (χ0v) is 11.6. The molecule has 3 N–H and O–H groups in total. The summed E-state index contributed by atoms with van der Waals surface area (Å²) in [6.45, 7) is 1.61. The predicted molar refractivity (Wildman–Crippen MR) is 74.4 cm³/mol. The van der Waals surface area contributed by atoms with Crippen molar-refractivity contribution < 1.29 is 14.3 Å². The van der Waals surface area contributed by atoms with E-state index in [1.807, 2.05) is 0 Å². The molecule has 2 aromatic rings. The Hall–Kier alpha value is -1.95. The van der Waals surface area contributed by atoms with Crippen LogP contribution in [0.2, 0.25) is 0 Å². The van der Waals surface area contributed by atoms with Gasteiger partial charge in [0.15, 0.2) is 5.13 Å². The summed E-state index contributed by atoms with van der Waals surface area (Å²) in [5.41, 5.74) is 6.06. The Balaban J connectivity index is 2.30. The van der Waals surface area contributed by atoms with Crippen molar-refractivity contribution in [3.05, 3.63) is 45.7 Å². The number of nitrogens with two attached hydrogens (primary N) is 1. The van der Waals surface area contributed by atoms with Crippen LogP contribution in [0.25, 0.3) is 0 Å². The average molecular weight is 292 g/mol. The van der Waals surface area contributed by atoms with Crippen LogP contribution in [0.15, 0.2) is 18.2 Å². The highest BCUT2D eigenvalue weighted by Crippen LogP contribution is 2.48. The SMILES string of the molecule is Cc1c(F)cccc1C1(C(=O)O)CCc2nc(N)sc21. The van der Waals surface area contributed by atoms with Gasteiger partial charge in [-0.1, -0.05) is 12.1 Å². The minimum Gasteiger partial charge on any atom is -0.480 e. The van der Waals surface area contributed by atoms with Crippen molar-refractivity contribution in [2.45, 2.75) is 25.2 Å². The zero-order valence-electron chi connectivity index (χ0n) is 10.8. The van der Waals surface area contributed by atoms with Gasteiger partial charge in [0.2, 0.25) is 0 Å². The maximum atomic E-state index is 13.8. The first-order valence-corrected chi connectivity index (χ1v) is 7.03. The number of aryl methyl sites for hydroxylation is 1. The summed E-state index contributed by atoms with van der Waals surface area (Å²) in [7, 11) is 0. The Morgan fingerprint density at radius 2 is 2.30 bits per heavy atom. The minimum atomic E-state index is -1.23. The summed E-state index contributed by atoms with van der Waals surface area (Å²) in [5.74, 6) is -1.37. The number of hydrogen-bond donors (Lipinski definition) is 2. The third kappa shape index (κ3) is 1.57. The Morgan fingerprint density at radius 3 is 3.00 bits per heavy atom. The number of thiazole rings is 1. The van der Waals surface area contributed by atoms with E-state index < -0.39 is 17.2 Å². The molecule has 6 heteroatoms. The van der Waals surface area contributed by atoms with Crippen LogP contribution in [0.1, 0.15) is 28.1 Å². The van der Waals surface area contributed by atoms with Gasteiger partial charge in [0, 0.05) is 0 Å². The molecular formula is C14H13FN2O2S. The lowest BCUT2D eigenvalue weighted by molar-refractivity contribution is -0.142. The molecule has 4 nitrogen and oxygen atoms in total. The number of hydrogen-bond acceptors (Lipinski definition) is 4. The molecule has 0 fully saturated rings. The highest BCUT2D eigenvalue weighted by molar-refractivity contribution is 7.15. The molecule has 1 atom stereocenters. The van der Waals surface area contributed by atoms with E-state index in [1.54, 1.807) is 19.1 Å². The number of halogens is 1. The monoisotopic (exact) mass is 292 g/mol. The van der Waals surface area contributed by atoms with Crippen LogP contribution >= 0.6 is 11.3 Å². The maximum Gasteiger partial charge on any atom is 0.319 e. The number of carbonyl (C=O) groups is 1. The average Bonchev–Trinajstić information content (AvgIpc) is 2.90. The first-order valence-electron chi connectivity index (χ1n) is 6.21. The fraction of sp³-hybridized carbons (Fsp3) is 0.286. The third-order valence-corrected chi connectivity index (χ3v) is 5.02. The fourth-order valence-electron chi connectivity index (χ4n) is 2.94. The lowest BCUT2D eigenvalue weighted by Gasteiger charge is -2.26. The van der Waals surface area contributed by atoms with Crippen LogP contribution in [0, 0.1) is 12.7 Å². The smallest absolute Gasteiger partial charge is 0.319 e. The Labute approximate surface area is 119 Å². The predicted octanol–water partition coefficient (Wildman–Crippen LogP) is 2.49. The van der Waals surface area contributed by atoms with E-state index in [4.69, 9.17) is 5.73 Å². The van der Waals surface area contributed by atoms with Crippen LogP contribution in [-0.4, -0.2) is 16.1 Å². The summed E-state index contributed by atoms with van der Waals surface area (Å²) >= 11 is 1.18. The van der Waals surface area contributed by atoms with Gasteiger partial charge in [0.25, 0.3) is 0 Å². The van der Waals surface area contributed by atoms with Gasteiger partial charge < -0.3 is 10.8 Å². The summed E-state index contributed by atoms with van der Waals surface area (Å²) in [6, 6.07) is 4.56. The molecule has 0 bridgehead atoms. The number of nitrogen functional groups attached to an aromatic ring is 1. The molecule has 0 saturated carbocycles. The number of aliphatic carboxylic acids is 1. The minimum absolute atomic E-state index is 0.356. The quantitative estimate of drug-likeness (QED) is 0.891. The first kappa shape index (κ1) is 13.1. The van der Waals surface area contributed by atoms with E-state index in [9.17, 15) is 14.3 Å². The highest BCUT2D eigenvalue weighted by atomic mass is 32.1. The van der Waals surface area contributed by atoms with Crippen molar-refractivity contribution >= 4 is 22.4 Å². The largest absolute Gasteiger partial charge is 0.480 e. The lowest BCUT2D eigenvalue weighted by atomic mass is 9.77. The molecule has 1 aliphatic rings. The number of nitrogens with zero attached hydrogens (tertiary/aromatic N) is 1. The van der Waals surface area contributed by atoms with Crippen molar-refractivity contribution in [2.75, 3.05) is 5.73 Å². The molecular weight excluding hydrogens is 279 g/mol. The Bertz CT molecular complexity index is 713. The number of benzene rings is 1. The number of rotatable bonds is 2. The molecule has 1 aliphatic carbocycles. The molecule has 1 unspecified atom stereocenters. The number of carboxylic acid groups (broad SMARTS) is 1. The van der Waals surface area contributed by atoms with E-state index in [0.717, 1.165) is 5.69 Å². The van der Waals surface area contributed by atoms with Crippen LogP contribution in [0.4, 0.5) is 9.52 Å². The van der Waals surface area contributed by atoms with Gasteiger partial charge in [-0.05, 0) is 37.0 Å². The molecule has 3 rings (SSSR count). The molecule has 1 heterocycles. The summed E-state index contributed by atoms with van der Waals surface area (Å²) in [5, 5.41) is 10.2. The summed E-state index contributed by atoms with van der Waals surface area (Å²) in [6.07, 6.45) is 0.937. The van der Waals surface area contributed by atoms with Gasteiger partial charge >= 0.3 is 5.97 Å². The lowest BCUT2D eigenvalue weighted by Crippen LogP contribution is -2.35. The molecule has 0 spiro atoms. The van der Waals surface area contributed by atoms with E-state index >= 15 is 0 Å². The normalized spacial score (nSPS) is 20.9. The van der Waals surface area contributed by atoms with Gasteiger partial charge in [0.1, 0.15) is 11.2 Å². The molecule has 0 radical (unpaired) electrons. The van der Waals surface area contributed by atoms with Gasteiger partial charge in [-0.3, -0.25) is 4.79 Å². The van der Waals surface area contributed by atoms with Gasteiger partial charge in [-0.15, -0.1) is 11.3 Å². The number of fused-ring (bicyclic) bond motifs is 1. The Kier molecular flexibility index (Phi) is 2.79. The second kappa shape index (κ2) is 4.28. The number of carboxylic acids is 1. The first-order chi connectivity index (χ1) is 9.46. The van der Waals surface area contributed by atoms with E-state index in [-0.39, 0.29) is 0 Å².